The van der Waals surface area contributed by atoms with E-state index in [9.17, 15) is 0 Å². The molecule has 0 atom stereocenters. The van der Waals surface area contributed by atoms with Gasteiger partial charge in [0.15, 0.2) is 0 Å². The van der Waals surface area contributed by atoms with Gasteiger partial charge in [-0.05, 0) is 47.9 Å². The largest absolute Gasteiger partial charge is 0.399 e. The van der Waals surface area contributed by atoms with Gasteiger partial charge in [0.1, 0.15) is 7.11 Å². The molecule has 0 N–H and O–H groups in total. The zero-order valence-corrected chi connectivity index (χ0v) is 15.6. The molecule has 0 fully saturated rings. The molecule has 3 aromatic rings. The van der Waals surface area contributed by atoms with Crippen molar-refractivity contribution in [2.45, 2.75) is 6.92 Å². The van der Waals surface area contributed by atoms with Gasteiger partial charge >= 0.3 is 0 Å². The second-order valence-electron chi connectivity index (χ2n) is 4.69. The molecular weight excluding hydrogens is 365 g/mol. The lowest BCUT2D eigenvalue weighted by atomic mass is 10.0. The first-order valence-corrected chi connectivity index (χ1v) is 7.63. The number of thiophene rings is 1. The Balaban J connectivity index is 0.00000144. The van der Waals surface area contributed by atoms with Crippen molar-refractivity contribution in [2.24, 2.45) is 5.16 Å². The zero-order valence-electron chi connectivity index (χ0n) is 13.2. The van der Waals surface area contributed by atoms with Crippen LogP contribution in [0.4, 0.5) is 0 Å². The monoisotopic (exact) mass is 381 g/mol. The van der Waals surface area contributed by atoms with Crippen LogP contribution in [0.25, 0.3) is 20.9 Å². The quantitative estimate of drug-likeness (QED) is 0.471. The molecular formula is C17H17Cl2N3OS. The van der Waals surface area contributed by atoms with Crippen molar-refractivity contribution in [1.29, 1.82) is 0 Å². The fourth-order valence-electron chi connectivity index (χ4n) is 2.28. The molecule has 3 heterocycles. The van der Waals surface area contributed by atoms with E-state index in [0.717, 1.165) is 21.6 Å². The van der Waals surface area contributed by atoms with E-state index in [0.29, 0.717) is 0 Å². The van der Waals surface area contributed by atoms with Crippen LogP contribution in [0.2, 0.25) is 0 Å². The molecule has 126 valence electrons. The Kier molecular flexibility index (Phi) is 7.85. The molecule has 0 spiro atoms. The second kappa shape index (κ2) is 9.37. The van der Waals surface area contributed by atoms with E-state index in [2.05, 4.69) is 22.0 Å². The van der Waals surface area contributed by atoms with E-state index in [1.807, 2.05) is 36.7 Å². The Morgan fingerprint density at radius 1 is 0.917 bits per heavy atom. The summed E-state index contributed by atoms with van der Waals surface area (Å²) >= 11 is 1.74. The highest BCUT2D eigenvalue weighted by atomic mass is 35.5. The zero-order chi connectivity index (χ0) is 15.4. The molecule has 24 heavy (non-hydrogen) atoms. The molecule has 3 aromatic heterocycles. The molecule has 0 saturated heterocycles. The summed E-state index contributed by atoms with van der Waals surface area (Å²) in [7, 11) is 1.55. The number of hydrogen-bond acceptors (Lipinski definition) is 5. The van der Waals surface area contributed by atoms with E-state index in [-0.39, 0.29) is 24.8 Å². The maximum absolute atomic E-state index is 4.86. The van der Waals surface area contributed by atoms with E-state index >= 15 is 0 Å². The van der Waals surface area contributed by atoms with Crippen LogP contribution in [-0.4, -0.2) is 23.3 Å². The molecule has 0 aliphatic carbocycles. The summed E-state index contributed by atoms with van der Waals surface area (Å²) in [6, 6.07) is 8.05. The molecule has 3 rings (SSSR count). The fourth-order valence-corrected chi connectivity index (χ4v) is 3.57. The lowest BCUT2D eigenvalue weighted by Crippen LogP contribution is -1.87. The van der Waals surface area contributed by atoms with Crippen molar-refractivity contribution in [3.8, 4) is 20.9 Å². The smallest absolute Gasteiger partial charge is 0.106 e. The molecule has 4 nitrogen and oxygen atoms in total. The standard InChI is InChI=1S/C17H15N3OS.2ClH/c1-12-15(11-20-21-2)17(14-5-9-19-10-6-14)22-16(12)13-3-7-18-8-4-13;;/h3-11H,1-2H3;2*1H. The van der Waals surface area contributed by atoms with Crippen LogP contribution in [0.3, 0.4) is 0 Å². The summed E-state index contributed by atoms with van der Waals surface area (Å²) < 4.78 is 0. The third kappa shape index (κ3) is 4.12. The Labute approximate surface area is 157 Å². The molecule has 0 radical (unpaired) electrons. The summed E-state index contributed by atoms with van der Waals surface area (Å²) in [4.78, 5) is 15.4. The van der Waals surface area contributed by atoms with Gasteiger partial charge in [-0.2, -0.15) is 0 Å². The van der Waals surface area contributed by atoms with Crippen molar-refractivity contribution in [3.05, 3.63) is 60.2 Å². The highest BCUT2D eigenvalue weighted by Crippen LogP contribution is 2.40. The predicted octanol–water partition coefficient (Wildman–Crippen LogP) is 5.00. The van der Waals surface area contributed by atoms with Gasteiger partial charge in [-0.25, -0.2) is 0 Å². The fraction of sp³-hybridized carbons (Fsp3) is 0.118. The maximum atomic E-state index is 4.86. The number of aromatic nitrogens is 2. The van der Waals surface area contributed by atoms with Crippen LogP contribution in [-0.2, 0) is 4.84 Å². The van der Waals surface area contributed by atoms with Gasteiger partial charge in [0.25, 0.3) is 0 Å². The second-order valence-corrected chi connectivity index (χ2v) is 5.71. The first-order valence-electron chi connectivity index (χ1n) is 6.82. The predicted molar refractivity (Wildman–Crippen MR) is 105 cm³/mol. The van der Waals surface area contributed by atoms with Crippen molar-refractivity contribution in [2.75, 3.05) is 7.11 Å². The van der Waals surface area contributed by atoms with Crippen LogP contribution in [0.15, 0.2) is 54.2 Å². The average molecular weight is 382 g/mol. The molecule has 7 heteroatoms. The van der Waals surface area contributed by atoms with Gasteiger partial charge in [-0.15, -0.1) is 36.2 Å². The summed E-state index contributed by atoms with van der Waals surface area (Å²) in [6.45, 7) is 2.11. The van der Waals surface area contributed by atoms with Crippen molar-refractivity contribution < 1.29 is 4.84 Å². The van der Waals surface area contributed by atoms with Crippen molar-refractivity contribution in [1.82, 2.24) is 9.97 Å². The van der Waals surface area contributed by atoms with Crippen LogP contribution in [0.1, 0.15) is 11.1 Å². The van der Waals surface area contributed by atoms with Gasteiger partial charge in [0, 0.05) is 40.1 Å². The molecule has 0 amide bonds. The lowest BCUT2D eigenvalue weighted by Gasteiger charge is -2.00. The van der Waals surface area contributed by atoms with E-state index in [1.165, 1.54) is 10.4 Å². The average Bonchev–Trinajstić information content (AvgIpc) is 2.91. The first-order chi connectivity index (χ1) is 10.8. The summed E-state index contributed by atoms with van der Waals surface area (Å²) in [5, 5.41) is 3.95. The minimum atomic E-state index is 0. The molecule has 0 aliphatic rings. The van der Waals surface area contributed by atoms with E-state index in [1.54, 1.807) is 37.1 Å². The van der Waals surface area contributed by atoms with Crippen molar-refractivity contribution >= 4 is 42.4 Å². The maximum Gasteiger partial charge on any atom is 0.106 e. The Morgan fingerprint density at radius 2 is 1.42 bits per heavy atom. The third-order valence-electron chi connectivity index (χ3n) is 3.37. The van der Waals surface area contributed by atoms with Gasteiger partial charge in [-0.1, -0.05) is 5.16 Å². The summed E-state index contributed by atoms with van der Waals surface area (Å²) in [5.41, 5.74) is 4.54. The number of nitrogens with zero attached hydrogens (tertiary/aromatic N) is 3. The summed E-state index contributed by atoms with van der Waals surface area (Å²) in [5.74, 6) is 0. The Morgan fingerprint density at radius 3 is 1.92 bits per heavy atom. The van der Waals surface area contributed by atoms with Crippen LogP contribution < -0.4 is 0 Å². The van der Waals surface area contributed by atoms with E-state index in [4.69, 9.17) is 4.84 Å². The number of oxime groups is 1. The SMILES string of the molecule is CON=Cc1c(-c2ccncc2)sc(-c2ccncc2)c1C.Cl.Cl. The van der Waals surface area contributed by atoms with Crippen LogP contribution >= 0.6 is 36.2 Å². The first kappa shape index (κ1) is 20.1. The minimum Gasteiger partial charge on any atom is -0.399 e. The molecule has 0 bridgehead atoms. The molecule has 0 aliphatic heterocycles. The third-order valence-corrected chi connectivity index (χ3v) is 4.77. The number of rotatable bonds is 4. The Bertz CT molecular complexity index is 792. The lowest BCUT2D eigenvalue weighted by molar-refractivity contribution is 0.215. The van der Waals surface area contributed by atoms with Gasteiger partial charge in [0.2, 0.25) is 0 Å². The van der Waals surface area contributed by atoms with Gasteiger partial charge in [0.05, 0.1) is 6.21 Å². The molecule has 0 unspecified atom stereocenters. The Hall–Kier alpha value is -1.95. The van der Waals surface area contributed by atoms with Crippen molar-refractivity contribution in [3.63, 3.8) is 0 Å². The molecule has 0 saturated carbocycles. The number of pyridine rings is 2. The number of halogens is 2. The number of hydrogen-bond donors (Lipinski definition) is 0. The van der Waals surface area contributed by atoms with Crippen LogP contribution in [0, 0.1) is 6.92 Å². The van der Waals surface area contributed by atoms with E-state index < -0.39 is 0 Å². The molecule has 0 aromatic carbocycles. The highest BCUT2D eigenvalue weighted by molar-refractivity contribution is 7.19. The topological polar surface area (TPSA) is 47.4 Å². The minimum absolute atomic E-state index is 0. The summed E-state index contributed by atoms with van der Waals surface area (Å²) in [6.07, 6.45) is 8.99. The van der Waals surface area contributed by atoms with Gasteiger partial charge < -0.3 is 4.84 Å². The highest BCUT2D eigenvalue weighted by Gasteiger charge is 2.16. The normalized spacial score (nSPS) is 10.1. The van der Waals surface area contributed by atoms with Gasteiger partial charge in [-0.3, -0.25) is 9.97 Å². The van der Waals surface area contributed by atoms with Crippen LogP contribution in [0.5, 0.6) is 0 Å².